The molecule has 1 aromatic rings. The van der Waals surface area contributed by atoms with Crippen LogP contribution in [0, 0.1) is 13.8 Å². The minimum Gasteiger partial charge on any atom is -0.336 e. The van der Waals surface area contributed by atoms with Crippen molar-refractivity contribution in [2.24, 2.45) is 0 Å². The summed E-state index contributed by atoms with van der Waals surface area (Å²) in [5.41, 5.74) is 2.53. The van der Waals surface area contributed by atoms with Crippen LogP contribution < -0.4 is 5.32 Å². The van der Waals surface area contributed by atoms with E-state index in [2.05, 4.69) is 17.2 Å². The van der Waals surface area contributed by atoms with Crippen molar-refractivity contribution >= 4 is 5.91 Å². The number of aryl methyl sites for hydroxylation is 2. The molecule has 4 nitrogen and oxygen atoms in total. The number of aromatic nitrogens is 1. The van der Waals surface area contributed by atoms with Gasteiger partial charge in [0.15, 0.2) is 0 Å². The summed E-state index contributed by atoms with van der Waals surface area (Å²) in [6.45, 7) is 8.68. The maximum absolute atomic E-state index is 12.7. The van der Waals surface area contributed by atoms with Crippen molar-refractivity contribution < 1.29 is 4.79 Å². The van der Waals surface area contributed by atoms with Gasteiger partial charge in [0, 0.05) is 18.3 Å². The number of nitrogens with one attached hydrogen (secondary N) is 1. The van der Waals surface area contributed by atoms with Crippen LogP contribution in [0.15, 0.2) is 12.1 Å². The Labute approximate surface area is 115 Å². The zero-order chi connectivity index (χ0) is 13.8. The van der Waals surface area contributed by atoms with Crippen LogP contribution >= 0.6 is 0 Å². The van der Waals surface area contributed by atoms with Crippen molar-refractivity contribution in [2.75, 3.05) is 19.6 Å². The summed E-state index contributed by atoms with van der Waals surface area (Å²) in [5.74, 6) is 0.124. The number of nitrogens with zero attached hydrogens (tertiary/aromatic N) is 2. The van der Waals surface area contributed by atoms with Gasteiger partial charge in [-0.05, 0) is 58.8 Å². The summed E-state index contributed by atoms with van der Waals surface area (Å²) in [5, 5.41) is 3.34. The van der Waals surface area contributed by atoms with E-state index >= 15 is 0 Å². The van der Waals surface area contributed by atoms with Gasteiger partial charge in [0.05, 0.1) is 11.3 Å². The highest BCUT2D eigenvalue weighted by atomic mass is 16.2. The van der Waals surface area contributed by atoms with E-state index in [-0.39, 0.29) is 5.91 Å². The zero-order valence-electron chi connectivity index (χ0n) is 12.1. The van der Waals surface area contributed by atoms with Gasteiger partial charge in [0.2, 0.25) is 0 Å². The molecule has 2 rings (SSSR count). The Kier molecular flexibility index (Phi) is 4.53. The molecule has 19 heavy (non-hydrogen) atoms. The average Bonchev–Trinajstić information content (AvgIpc) is 2.40. The Morgan fingerprint density at radius 3 is 2.63 bits per heavy atom. The van der Waals surface area contributed by atoms with Gasteiger partial charge in [-0.2, -0.15) is 0 Å². The molecule has 4 heteroatoms. The van der Waals surface area contributed by atoms with E-state index in [1.54, 1.807) is 0 Å². The third-order valence-corrected chi connectivity index (χ3v) is 3.81. The molecule has 1 aromatic heterocycles. The first-order chi connectivity index (χ1) is 9.13. The van der Waals surface area contributed by atoms with Crippen molar-refractivity contribution in [1.29, 1.82) is 0 Å². The second-order valence-electron chi connectivity index (χ2n) is 5.16. The van der Waals surface area contributed by atoms with Gasteiger partial charge in [-0.3, -0.25) is 9.78 Å². The van der Waals surface area contributed by atoms with Crippen LogP contribution in [0.3, 0.4) is 0 Å². The lowest BCUT2D eigenvalue weighted by atomic mass is 10.0. The van der Waals surface area contributed by atoms with Crippen LogP contribution in [0.4, 0.5) is 0 Å². The maximum Gasteiger partial charge on any atom is 0.255 e. The maximum atomic E-state index is 12.7. The summed E-state index contributed by atoms with van der Waals surface area (Å²) in [7, 11) is 0. The number of pyridine rings is 1. The van der Waals surface area contributed by atoms with E-state index in [0.717, 1.165) is 49.4 Å². The highest BCUT2D eigenvalue weighted by Crippen LogP contribution is 2.17. The van der Waals surface area contributed by atoms with Crippen LogP contribution in [0.25, 0.3) is 0 Å². The Morgan fingerprint density at radius 1 is 1.37 bits per heavy atom. The number of carbonyl (C=O) groups is 1. The van der Waals surface area contributed by atoms with Gasteiger partial charge in [-0.25, -0.2) is 0 Å². The van der Waals surface area contributed by atoms with Crippen LogP contribution in [0.1, 0.15) is 41.5 Å². The molecule has 1 aliphatic rings. The second-order valence-corrected chi connectivity index (χ2v) is 5.16. The van der Waals surface area contributed by atoms with E-state index in [9.17, 15) is 4.79 Å². The molecular formula is C15H23N3O. The average molecular weight is 261 g/mol. The van der Waals surface area contributed by atoms with E-state index in [0.29, 0.717) is 6.04 Å². The van der Waals surface area contributed by atoms with Crippen LogP contribution in [-0.4, -0.2) is 41.5 Å². The minimum absolute atomic E-state index is 0.124. The van der Waals surface area contributed by atoms with Gasteiger partial charge in [0.25, 0.3) is 5.91 Å². The smallest absolute Gasteiger partial charge is 0.255 e. The standard InChI is InChI=1S/C15H23N3O/c1-4-18(13-7-9-16-10-8-13)15(19)14-6-5-11(2)17-12(14)3/h5-6,13,16H,4,7-10H2,1-3H3. The van der Waals surface area contributed by atoms with Crippen molar-refractivity contribution in [2.45, 2.75) is 39.7 Å². The summed E-state index contributed by atoms with van der Waals surface area (Å²) in [4.78, 5) is 19.1. The largest absolute Gasteiger partial charge is 0.336 e. The molecule has 0 atom stereocenters. The zero-order valence-corrected chi connectivity index (χ0v) is 12.1. The van der Waals surface area contributed by atoms with Crippen molar-refractivity contribution in [3.8, 4) is 0 Å². The first kappa shape index (κ1) is 14.0. The molecule has 1 saturated heterocycles. The van der Waals surface area contributed by atoms with Gasteiger partial charge in [-0.15, -0.1) is 0 Å². The Balaban J connectivity index is 2.19. The fourth-order valence-electron chi connectivity index (χ4n) is 2.75. The number of hydrogen-bond donors (Lipinski definition) is 1. The molecule has 0 aliphatic carbocycles. The highest BCUT2D eigenvalue weighted by molar-refractivity contribution is 5.95. The molecule has 0 bridgehead atoms. The molecule has 0 radical (unpaired) electrons. The number of amides is 1. The predicted molar refractivity (Wildman–Crippen MR) is 76.3 cm³/mol. The Bertz CT molecular complexity index is 453. The number of piperidine rings is 1. The third-order valence-electron chi connectivity index (χ3n) is 3.81. The Hall–Kier alpha value is -1.42. The van der Waals surface area contributed by atoms with Crippen LogP contribution in [-0.2, 0) is 0 Å². The lowest BCUT2D eigenvalue weighted by Gasteiger charge is -2.34. The predicted octanol–water partition coefficient (Wildman–Crippen LogP) is 1.91. The molecule has 1 amide bonds. The van der Waals surface area contributed by atoms with Crippen LogP contribution in [0.2, 0.25) is 0 Å². The fourth-order valence-corrected chi connectivity index (χ4v) is 2.75. The molecule has 0 unspecified atom stereocenters. The fraction of sp³-hybridized carbons (Fsp3) is 0.600. The molecule has 104 valence electrons. The molecule has 0 aromatic carbocycles. The number of hydrogen-bond acceptors (Lipinski definition) is 3. The highest BCUT2D eigenvalue weighted by Gasteiger charge is 2.25. The number of carbonyl (C=O) groups excluding carboxylic acids is 1. The van der Waals surface area contributed by atoms with Crippen molar-refractivity contribution in [3.63, 3.8) is 0 Å². The van der Waals surface area contributed by atoms with E-state index in [1.165, 1.54) is 0 Å². The van der Waals surface area contributed by atoms with Gasteiger partial charge in [-0.1, -0.05) is 0 Å². The molecule has 0 spiro atoms. The molecule has 2 heterocycles. The molecule has 0 saturated carbocycles. The Morgan fingerprint density at radius 2 is 2.05 bits per heavy atom. The van der Waals surface area contributed by atoms with E-state index < -0.39 is 0 Å². The molecule has 1 aliphatic heterocycles. The first-order valence-electron chi connectivity index (χ1n) is 7.09. The molecule has 1 N–H and O–H groups in total. The minimum atomic E-state index is 0.124. The first-order valence-corrected chi connectivity index (χ1v) is 7.09. The molecule has 1 fully saturated rings. The topological polar surface area (TPSA) is 45.2 Å². The normalized spacial score (nSPS) is 16.4. The summed E-state index contributed by atoms with van der Waals surface area (Å²) in [6.07, 6.45) is 2.08. The summed E-state index contributed by atoms with van der Waals surface area (Å²) >= 11 is 0. The third kappa shape index (κ3) is 3.13. The van der Waals surface area contributed by atoms with Gasteiger partial charge < -0.3 is 10.2 Å². The monoisotopic (exact) mass is 261 g/mol. The van der Waals surface area contributed by atoms with Crippen molar-refractivity contribution in [3.05, 3.63) is 29.1 Å². The lowest BCUT2D eigenvalue weighted by Crippen LogP contribution is -2.46. The number of rotatable bonds is 3. The van der Waals surface area contributed by atoms with Crippen LogP contribution in [0.5, 0.6) is 0 Å². The van der Waals surface area contributed by atoms with Crippen molar-refractivity contribution in [1.82, 2.24) is 15.2 Å². The van der Waals surface area contributed by atoms with Gasteiger partial charge >= 0.3 is 0 Å². The van der Waals surface area contributed by atoms with Gasteiger partial charge in [0.1, 0.15) is 0 Å². The SMILES string of the molecule is CCN(C(=O)c1ccc(C)nc1C)C1CCNCC1. The summed E-state index contributed by atoms with van der Waals surface area (Å²) < 4.78 is 0. The van der Waals surface area contributed by atoms with E-state index in [1.807, 2.05) is 30.9 Å². The second kappa shape index (κ2) is 6.15. The lowest BCUT2D eigenvalue weighted by molar-refractivity contribution is 0.0655. The summed E-state index contributed by atoms with van der Waals surface area (Å²) in [6, 6.07) is 4.18. The van der Waals surface area contributed by atoms with E-state index in [4.69, 9.17) is 0 Å². The molecular weight excluding hydrogens is 238 g/mol. The quantitative estimate of drug-likeness (QED) is 0.904.